The predicted octanol–water partition coefficient (Wildman–Crippen LogP) is 2.61. The molecule has 0 amide bonds. The van der Waals surface area contributed by atoms with Gasteiger partial charge in [0.25, 0.3) is 0 Å². The second-order valence-electron chi connectivity index (χ2n) is 4.03. The van der Waals surface area contributed by atoms with Crippen LogP contribution in [0.2, 0.25) is 0 Å². The number of alkyl halides is 3. The first kappa shape index (κ1) is 11.3. The topological polar surface area (TPSA) is 12.5 Å². The van der Waals surface area contributed by atoms with Gasteiger partial charge >= 0.3 is 6.36 Å². The quantitative estimate of drug-likeness (QED) is 0.775. The molecule has 0 saturated carbocycles. The molecule has 0 bridgehead atoms. The van der Waals surface area contributed by atoms with Crippen molar-refractivity contribution in [3.8, 4) is 5.75 Å². The van der Waals surface area contributed by atoms with Crippen LogP contribution in [0.25, 0.3) is 0 Å². The minimum absolute atomic E-state index is 0.163. The van der Waals surface area contributed by atoms with Crippen LogP contribution in [0.15, 0.2) is 24.3 Å². The zero-order valence-electron chi connectivity index (χ0n) is 8.79. The number of nitrogens with zero attached hydrogens (tertiary/aromatic N) is 1. The van der Waals surface area contributed by atoms with Crippen molar-refractivity contribution in [1.29, 1.82) is 0 Å². The summed E-state index contributed by atoms with van der Waals surface area (Å²) in [6, 6.07) is 6.11. The third-order valence-corrected chi connectivity index (χ3v) is 2.65. The first-order valence-corrected chi connectivity index (χ1v) is 4.98. The van der Waals surface area contributed by atoms with E-state index in [2.05, 4.69) is 9.64 Å². The third-order valence-electron chi connectivity index (χ3n) is 2.65. The van der Waals surface area contributed by atoms with E-state index in [4.69, 9.17) is 0 Å². The molecule has 1 aliphatic heterocycles. The molecule has 2 rings (SSSR count). The lowest BCUT2D eigenvalue weighted by atomic mass is 9.92. The molecular weight excluding hydrogens is 219 g/mol. The summed E-state index contributed by atoms with van der Waals surface area (Å²) in [5, 5.41) is 0. The summed E-state index contributed by atoms with van der Waals surface area (Å²) in [5.41, 5.74) is 1.06. The first-order valence-electron chi connectivity index (χ1n) is 4.98. The Hall–Kier alpha value is -1.23. The van der Waals surface area contributed by atoms with Gasteiger partial charge in [-0.1, -0.05) is 12.1 Å². The number of hydrogen-bond donors (Lipinski definition) is 0. The van der Waals surface area contributed by atoms with Gasteiger partial charge in [0.2, 0.25) is 0 Å². The molecule has 2 nitrogen and oxygen atoms in total. The monoisotopic (exact) mass is 231 g/mol. The molecule has 0 aliphatic carbocycles. The Morgan fingerprint density at radius 3 is 2.19 bits per heavy atom. The van der Waals surface area contributed by atoms with Crippen LogP contribution in [0.1, 0.15) is 11.5 Å². The lowest BCUT2D eigenvalue weighted by Crippen LogP contribution is -2.41. The van der Waals surface area contributed by atoms with Crippen LogP contribution in [0.5, 0.6) is 5.75 Å². The Balaban J connectivity index is 2.00. The lowest BCUT2D eigenvalue weighted by Gasteiger charge is -2.36. The van der Waals surface area contributed by atoms with Crippen LogP contribution in [0, 0.1) is 0 Å². The minimum atomic E-state index is -4.61. The second-order valence-corrected chi connectivity index (χ2v) is 4.03. The van der Waals surface area contributed by atoms with Crippen LogP contribution in [-0.4, -0.2) is 31.4 Å². The maximum Gasteiger partial charge on any atom is 0.573 e. The van der Waals surface area contributed by atoms with Crippen LogP contribution < -0.4 is 4.74 Å². The molecule has 0 unspecified atom stereocenters. The Kier molecular flexibility index (Phi) is 2.80. The molecule has 1 saturated heterocycles. The number of hydrogen-bond acceptors (Lipinski definition) is 2. The van der Waals surface area contributed by atoms with E-state index in [1.165, 1.54) is 12.1 Å². The van der Waals surface area contributed by atoms with E-state index in [1.807, 2.05) is 7.05 Å². The van der Waals surface area contributed by atoms with Crippen molar-refractivity contribution in [2.24, 2.45) is 0 Å². The third kappa shape index (κ3) is 2.66. The van der Waals surface area contributed by atoms with Gasteiger partial charge in [-0.25, -0.2) is 0 Å². The molecule has 1 heterocycles. The SMILES string of the molecule is CN1CC(c2ccc(OC(F)(F)F)cc2)C1. The van der Waals surface area contributed by atoms with Gasteiger partial charge < -0.3 is 9.64 Å². The Bertz CT molecular complexity index is 354. The molecule has 1 fully saturated rings. The van der Waals surface area contributed by atoms with Gasteiger partial charge in [0.05, 0.1) is 0 Å². The predicted molar refractivity (Wildman–Crippen MR) is 53.4 cm³/mol. The fourth-order valence-electron chi connectivity index (χ4n) is 1.85. The highest BCUT2D eigenvalue weighted by molar-refractivity contribution is 5.31. The molecule has 0 atom stereocenters. The molecule has 0 spiro atoms. The van der Waals surface area contributed by atoms with Gasteiger partial charge in [-0.3, -0.25) is 0 Å². The highest BCUT2D eigenvalue weighted by atomic mass is 19.4. The van der Waals surface area contributed by atoms with E-state index in [9.17, 15) is 13.2 Å². The summed E-state index contributed by atoms with van der Waals surface area (Å²) < 4.78 is 39.5. The number of likely N-dealkylation sites (N-methyl/N-ethyl adjacent to an activating group) is 1. The summed E-state index contributed by atoms with van der Waals surface area (Å²) in [6.45, 7) is 1.92. The van der Waals surface area contributed by atoms with Gasteiger partial charge in [-0.15, -0.1) is 13.2 Å². The first-order chi connectivity index (χ1) is 7.44. The van der Waals surface area contributed by atoms with Crippen molar-refractivity contribution in [2.75, 3.05) is 20.1 Å². The maximum atomic E-state index is 11.9. The summed E-state index contributed by atoms with van der Waals surface area (Å²) in [5.74, 6) is 0.272. The van der Waals surface area contributed by atoms with Gasteiger partial charge in [-0.2, -0.15) is 0 Å². The molecule has 88 valence electrons. The number of benzene rings is 1. The smallest absolute Gasteiger partial charge is 0.406 e. The standard InChI is InChI=1S/C11H12F3NO/c1-15-6-9(7-15)8-2-4-10(5-3-8)16-11(12,13)14/h2-5,9H,6-7H2,1H3. The Morgan fingerprint density at radius 2 is 1.75 bits per heavy atom. The van der Waals surface area contributed by atoms with E-state index < -0.39 is 6.36 Å². The van der Waals surface area contributed by atoms with Gasteiger partial charge in [-0.05, 0) is 24.7 Å². The largest absolute Gasteiger partial charge is 0.573 e. The molecule has 0 aromatic heterocycles. The molecular formula is C11H12F3NO. The molecule has 1 aromatic rings. The van der Waals surface area contributed by atoms with Crippen molar-refractivity contribution in [2.45, 2.75) is 12.3 Å². The summed E-state index contributed by atoms with van der Waals surface area (Å²) in [7, 11) is 2.01. The second kappa shape index (κ2) is 3.97. The average molecular weight is 231 g/mol. The molecule has 0 radical (unpaired) electrons. The normalized spacial score (nSPS) is 18.2. The van der Waals surface area contributed by atoms with Crippen LogP contribution in [0.3, 0.4) is 0 Å². The highest BCUT2D eigenvalue weighted by Gasteiger charge is 2.31. The van der Waals surface area contributed by atoms with E-state index >= 15 is 0 Å². The molecule has 0 N–H and O–H groups in total. The van der Waals surface area contributed by atoms with Gasteiger partial charge in [0.15, 0.2) is 0 Å². The summed E-state index contributed by atoms with van der Waals surface area (Å²) in [6.07, 6.45) is -4.61. The van der Waals surface area contributed by atoms with Gasteiger partial charge in [0.1, 0.15) is 5.75 Å². The van der Waals surface area contributed by atoms with Crippen molar-refractivity contribution in [3.05, 3.63) is 29.8 Å². The fraction of sp³-hybridized carbons (Fsp3) is 0.455. The molecule has 1 aliphatic rings. The zero-order valence-corrected chi connectivity index (χ0v) is 8.79. The van der Waals surface area contributed by atoms with Crippen molar-refractivity contribution in [3.63, 3.8) is 0 Å². The van der Waals surface area contributed by atoms with E-state index in [0.29, 0.717) is 5.92 Å². The number of likely N-dealkylation sites (tertiary alicyclic amines) is 1. The average Bonchev–Trinajstić information content (AvgIpc) is 2.12. The number of ether oxygens (including phenoxy) is 1. The van der Waals surface area contributed by atoms with E-state index in [-0.39, 0.29) is 5.75 Å². The number of rotatable bonds is 2. The minimum Gasteiger partial charge on any atom is -0.406 e. The maximum absolute atomic E-state index is 11.9. The molecule has 16 heavy (non-hydrogen) atoms. The fourth-order valence-corrected chi connectivity index (χ4v) is 1.85. The van der Waals surface area contributed by atoms with Crippen molar-refractivity contribution >= 4 is 0 Å². The molecule has 5 heteroatoms. The summed E-state index contributed by atoms with van der Waals surface area (Å²) >= 11 is 0. The highest BCUT2D eigenvalue weighted by Crippen LogP contribution is 2.28. The number of halogens is 3. The van der Waals surface area contributed by atoms with Crippen molar-refractivity contribution < 1.29 is 17.9 Å². The zero-order chi connectivity index (χ0) is 11.8. The van der Waals surface area contributed by atoms with Gasteiger partial charge in [0, 0.05) is 19.0 Å². The van der Waals surface area contributed by atoms with Crippen LogP contribution in [-0.2, 0) is 0 Å². The lowest BCUT2D eigenvalue weighted by molar-refractivity contribution is -0.274. The Labute approximate surface area is 91.6 Å². The van der Waals surface area contributed by atoms with E-state index in [1.54, 1.807) is 12.1 Å². The van der Waals surface area contributed by atoms with Crippen LogP contribution >= 0.6 is 0 Å². The van der Waals surface area contributed by atoms with Crippen molar-refractivity contribution in [1.82, 2.24) is 4.90 Å². The summed E-state index contributed by atoms with van der Waals surface area (Å²) in [4.78, 5) is 2.16. The molecule has 1 aromatic carbocycles. The Morgan fingerprint density at radius 1 is 1.19 bits per heavy atom. The van der Waals surface area contributed by atoms with E-state index in [0.717, 1.165) is 18.7 Å². The van der Waals surface area contributed by atoms with Crippen LogP contribution in [0.4, 0.5) is 13.2 Å².